The third kappa shape index (κ3) is 2.93. The van der Waals surface area contributed by atoms with Crippen LogP contribution in [0.1, 0.15) is 27.6 Å². The second kappa shape index (κ2) is 8.34. The van der Waals surface area contributed by atoms with Crippen molar-refractivity contribution < 1.29 is 47.6 Å². The highest BCUT2D eigenvalue weighted by molar-refractivity contribution is 6.36. The number of carbonyl (C=O) groups is 4. The Kier molecular flexibility index (Phi) is 6.10. The first kappa shape index (κ1) is 23.4. The van der Waals surface area contributed by atoms with Gasteiger partial charge in [-0.2, -0.15) is 0 Å². The monoisotopic (exact) mass is 468 g/mol. The van der Waals surface area contributed by atoms with E-state index in [9.17, 15) is 19.2 Å². The number of Topliss-reactive ketones (excluding diaryl/α,β-unsaturated/α-hetero) is 1. The van der Waals surface area contributed by atoms with E-state index in [0.717, 1.165) is 20.3 Å². The molecule has 1 aromatic carbocycles. The van der Waals surface area contributed by atoms with Crippen LogP contribution in [0.15, 0.2) is 11.8 Å². The maximum Gasteiger partial charge on any atom is 0.345 e. The number of halogens is 1. The van der Waals surface area contributed by atoms with Crippen molar-refractivity contribution in [2.75, 3.05) is 35.5 Å². The highest BCUT2D eigenvalue weighted by Gasteiger charge is 2.64. The average Bonchev–Trinajstić information content (AvgIpc) is 3.09. The van der Waals surface area contributed by atoms with Crippen molar-refractivity contribution in [3.63, 3.8) is 0 Å². The predicted octanol–water partition coefficient (Wildman–Crippen LogP) is 2.00. The van der Waals surface area contributed by atoms with E-state index in [2.05, 4.69) is 0 Å². The quantitative estimate of drug-likeness (QED) is 0.468. The molecule has 0 bridgehead atoms. The van der Waals surface area contributed by atoms with Crippen LogP contribution in [0.4, 0.5) is 0 Å². The van der Waals surface area contributed by atoms with Crippen molar-refractivity contribution in [1.82, 2.24) is 0 Å². The lowest BCUT2D eigenvalue weighted by molar-refractivity contribution is -0.154. The zero-order chi connectivity index (χ0) is 24.0. The van der Waals surface area contributed by atoms with Crippen LogP contribution in [0.2, 0.25) is 5.02 Å². The molecular formula is C21H21ClO10. The van der Waals surface area contributed by atoms with Crippen LogP contribution in [0.3, 0.4) is 0 Å². The highest BCUT2D eigenvalue weighted by Crippen LogP contribution is 2.57. The Hall–Kier alpha value is -3.27. The lowest BCUT2D eigenvalue weighted by atomic mass is 9.69. The lowest BCUT2D eigenvalue weighted by Gasteiger charge is -2.39. The van der Waals surface area contributed by atoms with Crippen molar-refractivity contribution in [2.24, 2.45) is 11.8 Å². The third-order valence-corrected chi connectivity index (χ3v) is 6.04. The Morgan fingerprint density at radius 3 is 2.12 bits per heavy atom. The van der Waals surface area contributed by atoms with Gasteiger partial charge in [-0.15, -0.1) is 0 Å². The number of hydrogen-bond donors (Lipinski definition) is 0. The summed E-state index contributed by atoms with van der Waals surface area (Å²) < 4.78 is 31.6. The summed E-state index contributed by atoms with van der Waals surface area (Å²) in [6.07, 6.45) is 1.02. The number of methoxy groups -OCH3 is 5. The summed E-state index contributed by atoms with van der Waals surface area (Å²) in [6, 6.07) is 0. The molecule has 0 N–H and O–H groups in total. The molecule has 1 spiro atoms. The minimum absolute atomic E-state index is 0.131. The summed E-state index contributed by atoms with van der Waals surface area (Å²) in [7, 11) is 6.03. The van der Waals surface area contributed by atoms with E-state index in [1.54, 1.807) is 0 Å². The van der Waals surface area contributed by atoms with E-state index in [1.165, 1.54) is 28.3 Å². The first-order valence-electron chi connectivity index (χ1n) is 9.33. The Bertz CT molecular complexity index is 1060. The van der Waals surface area contributed by atoms with Crippen molar-refractivity contribution >= 4 is 35.1 Å². The minimum atomic E-state index is -1.94. The average molecular weight is 469 g/mol. The number of ketones is 2. The van der Waals surface area contributed by atoms with Gasteiger partial charge in [0.2, 0.25) is 11.4 Å². The zero-order valence-corrected chi connectivity index (χ0v) is 18.9. The molecule has 0 amide bonds. The molecule has 3 rings (SSSR count). The predicted molar refractivity (Wildman–Crippen MR) is 108 cm³/mol. The molecule has 0 aromatic heterocycles. The Balaban J connectivity index is 2.36. The molecule has 3 atom stereocenters. The highest BCUT2D eigenvalue weighted by atomic mass is 35.5. The van der Waals surface area contributed by atoms with Crippen molar-refractivity contribution in [1.29, 1.82) is 0 Å². The number of hydrogen-bond acceptors (Lipinski definition) is 10. The van der Waals surface area contributed by atoms with Gasteiger partial charge in [0.05, 0.1) is 35.5 Å². The van der Waals surface area contributed by atoms with Crippen molar-refractivity contribution in [3.05, 3.63) is 28.0 Å². The molecule has 1 aliphatic heterocycles. The SMILES string of the molecule is COC(=O)c1c(OC)c(Cl)c2c(c1OC)C(=O)[C@]1(O2)C(OC)=CC(=O)[C@@H](C(=O)OC)[C@H]1C. The summed E-state index contributed by atoms with van der Waals surface area (Å²) in [5.41, 5.74) is -2.34. The van der Waals surface area contributed by atoms with Gasteiger partial charge >= 0.3 is 11.9 Å². The molecule has 0 radical (unpaired) electrons. The summed E-state index contributed by atoms with van der Waals surface area (Å²) >= 11 is 6.47. The van der Waals surface area contributed by atoms with Crippen LogP contribution in [0.25, 0.3) is 0 Å². The van der Waals surface area contributed by atoms with Gasteiger partial charge in [-0.05, 0) is 0 Å². The Morgan fingerprint density at radius 1 is 1.00 bits per heavy atom. The Labute approximate surface area is 188 Å². The largest absolute Gasteiger partial charge is 0.496 e. The molecule has 2 aliphatic rings. The molecule has 1 aromatic rings. The van der Waals surface area contributed by atoms with Gasteiger partial charge in [0.25, 0.3) is 0 Å². The topological polar surface area (TPSA) is 124 Å². The molecule has 0 fully saturated rings. The first-order valence-corrected chi connectivity index (χ1v) is 9.71. The number of rotatable bonds is 5. The molecule has 1 heterocycles. The number of benzene rings is 1. The zero-order valence-electron chi connectivity index (χ0n) is 18.2. The maximum absolute atomic E-state index is 13.9. The molecule has 11 heteroatoms. The van der Waals surface area contributed by atoms with Crippen LogP contribution >= 0.6 is 11.6 Å². The number of fused-ring (bicyclic) bond motifs is 1. The van der Waals surface area contributed by atoms with Gasteiger partial charge in [0.1, 0.15) is 22.1 Å². The second-order valence-corrected chi connectivity index (χ2v) is 7.40. The van der Waals surface area contributed by atoms with Gasteiger partial charge in [-0.1, -0.05) is 18.5 Å². The number of ether oxygens (including phenoxy) is 6. The minimum Gasteiger partial charge on any atom is -0.496 e. The summed E-state index contributed by atoms with van der Waals surface area (Å²) in [6.45, 7) is 1.48. The summed E-state index contributed by atoms with van der Waals surface area (Å²) in [5.74, 6) is -6.04. The van der Waals surface area contributed by atoms with Gasteiger partial charge in [0, 0.05) is 12.0 Å². The van der Waals surface area contributed by atoms with Crippen molar-refractivity contribution in [2.45, 2.75) is 12.5 Å². The molecule has 0 unspecified atom stereocenters. The fourth-order valence-corrected chi connectivity index (χ4v) is 4.49. The smallest absolute Gasteiger partial charge is 0.345 e. The molecule has 0 saturated carbocycles. The number of allylic oxidation sites excluding steroid dienone is 1. The van der Waals surface area contributed by atoms with Gasteiger partial charge in [0.15, 0.2) is 28.8 Å². The van der Waals surface area contributed by atoms with Crippen LogP contribution in [0, 0.1) is 11.8 Å². The van der Waals surface area contributed by atoms with Crippen LogP contribution in [-0.2, 0) is 23.8 Å². The third-order valence-electron chi connectivity index (χ3n) is 5.69. The van der Waals surface area contributed by atoms with Crippen LogP contribution in [-0.4, -0.2) is 64.7 Å². The number of esters is 2. The van der Waals surface area contributed by atoms with E-state index >= 15 is 0 Å². The van der Waals surface area contributed by atoms with E-state index in [0.29, 0.717) is 0 Å². The normalized spacial score (nSPS) is 23.8. The summed E-state index contributed by atoms with van der Waals surface area (Å²) in [4.78, 5) is 51.3. The van der Waals surface area contributed by atoms with E-state index in [-0.39, 0.29) is 39.2 Å². The van der Waals surface area contributed by atoms with Crippen molar-refractivity contribution in [3.8, 4) is 17.2 Å². The van der Waals surface area contributed by atoms with E-state index in [4.69, 9.17) is 40.0 Å². The molecule has 0 saturated heterocycles. The Morgan fingerprint density at radius 2 is 1.62 bits per heavy atom. The molecule has 32 heavy (non-hydrogen) atoms. The number of carbonyl (C=O) groups excluding carboxylic acids is 4. The van der Waals surface area contributed by atoms with Gasteiger partial charge in [-0.3, -0.25) is 14.4 Å². The fourth-order valence-electron chi connectivity index (χ4n) is 4.18. The second-order valence-electron chi connectivity index (χ2n) is 7.02. The van der Waals surface area contributed by atoms with Crippen LogP contribution in [0.5, 0.6) is 17.2 Å². The van der Waals surface area contributed by atoms with E-state index in [1.807, 2.05) is 0 Å². The maximum atomic E-state index is 13.9. The molecular weight excluding hydrogens is 448 g/mol. The summed E-state index contributed by atoms with van der Waals surface area (Å²) in [5, 5.41) is -0.192. The lowest BCUT2D eigenvalue weighted by Crippen LogP contribution is -2.56. The van der Waals surface area contributed by atoms with Gasteiger partial charge in [-0.25, -0.2) is 4.79 Å². The molecule has 172 valence electrons. The fraction of sp³-hybridized carbons (Fsp3) is 0.429. The molecule has 1 aliphatic carbocycles. The molecule has 10 nitrogen and oxygen atoms in total. The van der Waals surface area contributed by atoms with Gasteiger partial charge < -0.3 is 28.4 Å². The standard InChI is InChI=1S/C21H21ClO10/c1-8-11(19(25)30-5)9(23)7-10(27-2)21(8)18(24)12-15(28-3)13(20(26)31-6)16(29-4)14(22)17(12)32-21/h7-8,11H,1-6H3/t8-,11+,21-/m1/s1. The van der Waals surface area contributed by atoms with Crippen LogP contribution < -0.4 is 14.2 Å². The first-order chi connectivity index (χ1) is 15.2. The van der Waals surface area contributed by atoms with E-state index < -0.39 is 40.9 Å².